The number of aliphatic hydroxyl groups is 1. The van der Waals surface area contributed by atoms with Crippen molar-refractivity contribution in [2.45, 2.75) is 212 Å². The van der Waals surface area contributed by atoms with Gasteiger partial charge >= 0.3 is 19.8 Å². The van der Waals surface area contributed by atoms with Crippen molar-refractivity contribution in [1.82, 2.24) is 5.32 Å². The normalized spacial score (nSPS) is 14.2. The number of aliphatic carboxylic acids is 1. The molecule has 0 saturated heterocycles. The number of carbonyl (C=O) groups excluding carboxylic acids is 2. The van der Waals surface area contributed by atoms with Crippen LogP contribution in [0.2, 0.25) is 0 Å². The number of hydrogen-bond acceptors (Lipinski definition) is 8. The molecule has 352 valence electrons. The summed E-state index contributed by atoms with van der Waals surface area (Å²) in [5, 5.41) is 21.9. The van der Waals surface area contributed by atoms with Gasteiger partial charge in [0, 0.05) is 12.8 Å². The van der Waals surface area contributed by atoms with Crippen molar-refractivity contribution in [2.75, 3.05) is 19.8 Å². The average Bonchev–Trinajstić information content (AvgIpc) is 3.24. The Morgan fingerprint density at radius 1 is 0.525 bits per heavy atom. The van der Waals surface area contributed by atoms with E-state index < -0.39 is 57.6 Å². The molecule has 0 aromatic carbocycles. The van der Waals surface area contributed by atoms with Crippen LogP contribution in [-0.4, -0.2) is 64.9 Å². The van der Waals surface area contributed by atoms with E-state index in [1.54, 1.807) is 0 Å². The molecule has 0 saturated carbocycles. The van der Waals surface area contributed by atoms with Crippen molar-refractivity contribution in [2.24, 2.45) is 0 Å². The van der Waals surface area contributed by atoms with E-state index in [0.717, 1.165) is 103 Å². The Kier molecular flexibility index (Phi) is 41.8. The average molecular weight is 880 g/mol. The minimum Gasteiger partial charge on any atom is -0.480 e. The number of nitrogens with one attached hydrogen (secondary N) is 1. The fourth-order valence-corrected chi connectivity index (χ4v) is 7.07. The Balaban J connectivity index is 3.91. The highest BCUT2D eigenvalue weighted by molar-refractivity contribution is 7.47. The summed E-state index contributed by atoms with van der Waals surface area (Å²) in [5.74, 6) is -2.40. The molecule has 1 amide bonds. The summed E-state index contributed by atoms with van der Waals surface area (Å²) in [6, 6.07) is -1.56. The maximum atomic E-state index is 12.4. The number of ether oxygens (including phenoxy) is 1. The van der Waals surface area contributed by atoms with Crippen molar-refractivity contribution in [3.05, 3.63) is 60.8 Å². The monoisotopic (exact) mass is 880 g/mol. The predicted octanol–water partition coefficient (Wildman–Crippen LogP) is 12.7. The molecule has 11 nitrogen and oxygen atoms in total. The first-order valence-electron chi connectivity index (χ1n) is 23.8. The summed E-state index contributed by atoms with van der Waals surface area (Å²) in [7, 11) is -4.77. The first-order valence-corrected chi connectivity index (χ1v) is 25.3. The molecular formula is C49H86NO10P. The molecule has 0 spiro atoms. The van der Waals surface area contributed by atoms with Gasteiger partial charge < -0.3 is 25.2 Å². The van der Waals surface area contributed by atoms with Gasteiger partial charge in [0.1, 0.15) is 12.7 Å². The molecule has 3 unspecified atom stereocenters. The number of aliphatic hydroxyl groups excluding tert-OH is 1. The highest BCUT2D eigenvalue weighted by Gasteiger charge is 2.28. The van der Waals surface area contributed by atoms with Gasteiger partial charge in [-0.3, -0.25) is 18.6 Å². The van der Waals surface area contributed by atoms with Gasteiger partial charge in [-0.1, -0.05) is 164 Å². The lowest BCUT2D eigenvalue weighted by molar-refractivity contribution is -0.147. The van der Waals surface area contributed by atoms with E-state index in [1.165, 1.54) is 57.8 Å². The van der Waals surface area contributed by atoms with E-state index in [-0.39, 0.29) is 12.8 Å². The zero-order chi connectivity index (χ0) is 44.9. The van der Waals surface area contributed by atoms with Crippen LogP contribution in [0, 0.1) is 0 Å². The van der Waals surface area contributed by atoms with Crippen LogP contribution >= 0.6 is 7.82 Å². The molecule has 0 aliphatic heterocycles. The second kappa shape index (κ2) is 43.8. The van der Waals surface area contributed by atoms with Crippen molar-refractivity contribution in [1.29, 1.82) is 0 Å². The molecule has 0 bridgehead atoms. The maximum absolute atomic E-state index is 12.4. The van der Waals surface area contributed by atoms with Crippen LogP contribution in [-0.2, 0) is 32.7 Å². The van der Waals surface area contributed by atoms with Gasteiger partial charge in [-0.15, -0.1) is 0 Å². The Morgan fingerprint density at radius 2 is 0.902 bits per heavy atom. The van der Waals surface area contributed by atoms with Gasteiger partial charge in [-0.25, -0.2) is 9.36 Å². The lowest BCUT2D eigenvalue weighted by atomic mass is 10.1. The summed E-state index contributed by atoms with van der Waals surface area (Å²) in [5.41, 5.74) is 0. The number of hydrogen-bond donors (Lipinski definition) is 4. The fraction of sp³-hybridized carbons (Fsp3) is 0.735. The Bertz CT molecular complexity index is 1260. The lowest BCUT2D eigenvalue weighted by Gasteiger charge is -2.18. The second-order valence-corrected chi connectivity index (χ2v) is 17.4. The number of carboxylic acids is 1. The minimum atomic E-state index is -4.77. The van der Waals surface area contributed by atoms with Gasteiger partial charge in [-0.2, -0.15) is 0 Å². The SMILES string of the molecule is CCCCC/C=C\C/C=C\C/C=C\C/C=C\CCCCCCCCCC(=O)NC(COP(=O)(O)OCC(O)COC(=O)CCCCCCC/C=C\CCCCCCC)C(=O)O. The number of allylic oxidation sites excluding steroid dienone is 10. The molecule has 0 radical (unpaired) electrons. The zero-order valence-corrected chi connectivity index (χ0v) is 39.1. The fourth-order valence-electron chi connectivity index (χ4n) is 6.29. The van der Waals surface area contributed by atoms with Crippen molar-refractivity contribution >= 4 is 25.7 Å². The van der Waals surface area contributed by atoms with Crippen LogP contribution in [0.5, 0.6) is 0 Å². The van der Waals surface area contributed by atoms with E-state index in [0.29, 0.717) is 12.8 Å². The number of esters is 1. The number of phosphoric ester groups is 1. The number of carbonyl (C=O) groups is 3. The Hall–Kier alpha value is -2.82. The van der Waals surface area contributed by atoms with Crippen molar-refractivity contribution < 1.29 is 47.8 Å². The first-order chi connectivity index (χ1) is 29.6. The molecule has 4 N–H and O–H groups in total. The van der Waals surface area contributed by atoms with Gasteiger partial charge in [0.2, 0.25) is 5.91 Å². The van der Waals surface area contributed by atoms with Crippen LogP contribution in [0.15, 0.2) is 60.8 Å². The van der Waals surface area contributed by atoms with Gasteiger partial charge in [-0.05, 0) is 83.5 Å². The molecule has 3 atom stereocenters. The number of carboxylic acid groups (broad SMARTS) is 1. The third-order valence-electron chi connectivity index (χ3n) is 10.0. The quantitative estimate of drug-likeness (QED) is 0.0200. The lowest BCUT2D eigenvalue weighted by Crippen LogP contribution is -2.43. The number of phosphoric acid groups is 1. The molecule has 0 aliphatic rings. The van der Waals surface area contributed by atoms with Gasteiger partial charge in [0.25, 0.3) is 0 Å². The Morgan fingerprint density at radius 3 is 1.39 bits per heavy atom. The van der Waals surface area contributed by atoms with Crippen LogP contribution in [0.4, 0.5) is 0 Å². The molecule has 0 rings (SSSR count). The minimum absolute atomic E-state index is 0.130. The number of rotatable bonds is 44. The maximum Gasteiger partial charge on any atom is 0.472 e. The van der Waals surface area contributed by atoms with Crippen LogP contribution in [0.3, 0.4) is 0 Å². The highest BCUT2D eigenvalue weighted by Crippen LogP contribution is 2.43. The third kappa shape index (κ3) is 43.6. The molecule has 0 aliphatic carbocycles. The third-order valence-corrected chi connectivity index (χ3v) is 11.0. The molecule has 61 heavy (non-hydrogen) atoms. The van der Waals surface area contributed by atoms with E-state index in [2.05, 4.69) is 79.9 Å². The first kappa shape index (κ1) is 58.2. The molecule has 0 heterocycles. The van der Waals surface area contributed by atoms with Crippen LogP contribution in [0.1, 0.15) is 200 Å². The smallest absolute Gasteiger partial charge is 0.472 e. The van der Waals surface area contributed by atoms with Crippen LogP contribution < -0.4 is 5.32 Å². The molecule has 0 aromatic rings. The van der Waals surface area contributed by atoms with E-state index in [9.17, 15) is 34.1 Å². The topological polar surface area (TPSA) is 169 Å². The summed E-state index contributed by atoms with van der Waals surface area (Å²) >= 11 is 0. The number of amides is 1. The summed E-state index contributed by atoms with van der Waals surface area (Å²) in [6.07, 6.45) is 50.9. The van der Waals surface area contributed by atoms with Gasteiger partial charge in [0.15, 0.2) is 6.04 Å². The zero-order valence-electron chi connectivity index (χ0n) is 38.2. The van der Waals surface area contributed by atoms with E-state index in [1.807, 2.05) is 0 Å². The molecule has 12 heteroatoms. The summed E-state index contributed by atoms with van der Waals surface area (Å²) in [6.45, 7) is 2.54. The standard InChI is InChI=1S/C49H86NO10P/c1-3-5-7-9-11-13-15-17-19-20-21-22-23-24-25-26-27-28-30-32-34-36-38-40-47(52)50-46(49(54)55)44-60-61(56,57)59-43-45(51)42-58-48(53)41-39-37-35-33-31-29-18-16-14-12-10-8-6-4-2/h11,13,16-19,21-22,24-25,45-46,51H,3-10,12,14-15,20,23,26-44H2,1-2H3,(H,50,52)(H,54,55)(H,56,57)/b13-11-,18-16-,19-17-,22-21-,25-24-. The summed E-state index contributed by atoms with van der Waals surface area (Å²) < 4.78 is 26.9. The largest absolute Gasteiger partial charge is 0.480 e. The van der Waals surface area contributed by atoms with E-state index >= 15 is 0 Å². The van der Waals surface area contributed by atoms with Crippen molar-refractivity contribution in [3.8, 4) is 0 Å². The highest BCUT2D eigenvalue weighted by atomic mass is 31.2. The summed E-state index contributed by atoms with van der Waals surface area (Å²) in [4.78, 5) is 46.0. The van der Waals surface area contributed by atoms with Crippen molar-refractivity contribution in [3.63, 3.8) is 0 Å². The molecule has 0 aromatic heterocycles. The van der Waals surface area contributed by atoms with E-state index in [4.69, 9.17) is 13.8 Å². The second-order valence-electron chi connectivity index (χ2n) is 15.9. The molecule has 0 fully saturated rings. The van der Waals surface area contributed by atoms with Crippen LogP contribution in [0.25, 0.3) is 0 Å². The Labute approximate surface area is 370 Å². The number of unbranched alkanes of at least 4 members (excludes halogenated alkanes) is 20. The predicted molar refractivity (Wildman–Crippen MR) is 249 cm³/mol. The molecular weight excluding hydrogens is 794 g/mol. The van der Waals surface area contributed by atoms with Gasteiger partial charge in [0.05, 0.1) is 13.2 Å².